The molecule has 1 aliphatic heterocycles. The van der Waals surface area contributed by atoms with Crippen LogP contribution in [-0.4, -0.2) is 30.1 Å². The second kappa shape index (κ2) is 5.46. The fourth-order valence-electron chi connectivity index (χ4n) is 2.39. The number of amidine groups is 1. The Kier molecular flexibility index (Phi) is 4.10. The Morgan fingerprint density at radius 2 is 2.32 bits per heavy atom. The van der Waals surface area contributed by atoms with Crippen molar-refractivity contribution in [3.8, 4) is 0 Å². The van der Waals surface area contributed by atoms with E-state index < -0.39 is 5.82 Å². The second-order valence-corrected chi connectivity index (χ2v) is 5.70. The fraction of sp³-hybridized carbons (Fsp3) is 0.462. The zero-order valence-corrected chi connectivity index (χ0v) is 12.2. The first-order valence-corrected chi connectivity index (χ1v) is 6.96. The molecule has 4 N–H and O–H groups in total. The first-order valence-electron chi connectivity index (χ1n) is 6.17. The van der Waals surface area contributed by atoms with E-state index in [0.717, 1.165) is 13.0 Å². The summed E-state index contributed by atoms with van der Waals surface area (Å²) < 4.78 is 14.5. The highest BCUT2D eigenvalue weighted by molar-refractivity contribution is 9.10. The topological polar surface area (TPSA) is 73.3 Å². The molecule has 0 aromatic heterocycles. The summed E-state index contributed by atoms with van der Waals surface area (Å²) >= 11 is 3.15. The highest BCUT2D eigenvalue weighted by Gasteiger charge is 2.28. The van der Waals surface area contributed by atoms with Crippen molar-refractivity contribution in [3.63, 3.8) is 0 Å². The zero-order chi connectivity index (χ0) is 14.2. The molecule has 1 heterocycles. The maximum Gasteiger partial charge on any atom is 0.161 e. The number of hydrogen-bond donors (Lipinski definition) is 3. The number of aliphatic hydroxyl groups excluding tert-OH is 1. The molecule has 1 saturated heterocycles. The molecule has 1 aromatic rings. The highest BCUT2D eigenvalue weighted by Crippen LogP contribution is 2.33. The van der Waals surface area contributed by atoms with Gasteiger partial charge in [-0.3, -0.25) is 5.41 Å². The molecule has 104 valence electrons. The minimum Gasteiger partial charge on any atom is -0.393 e. The average Bonchev–Trinajstić information content (AvgIpc) is 2.81. The molecule has 4 nitrogen and oxygen atoms in total. The van der Waals surface area contributed by atoms with Crippen molar-refractivity contribution >= 4 is 27.5 Å². The summed E-state index contributed by atoms with van der Waals surface area (Å²) in [6.45, 7) is 3.12. The first kappa shape index (κ1) is 14.3. The Bertz CT molecular complexity index is 507. The van der Waals surface area contributed by atoms with Gasteiger partial charge in [0.15, 0.2) is 5.82 Å². The second-order valence-electron chi connectivity index (χ2n) is 4.91. The van der Waals surface area contributed by atoms with Gasteiger partial charge < -0.3 is 15.7 Å². The Hall–Kier alpha value is -1.14. The van der Waals surface area contributed by atoms with Gasteiger partial charge in [0.25, 0.3) is 0 Å². The van der Waals surface area contributed by atoms with Crippen LogP contribution in [0.1, 0.15) is 18.9 Å². The number of anilines is 1. The zero-order valence-electron chi connectivity index (χ0n) is 10.7. The number of nitrogens with zero attached hydrogens (tertiary/aromatic N) is 1. The van der Waals surface area contributed by atoms with E-state index in [1.165, 1.54) is 0 Å². The van der Waals surface area contributed by atoms with Gasteiger partial charge in [0.2, 0.25) is 0 Å². The number of rotatable bonds is 3. The largest absolute Gasteiger partial charge is 0.393 e. The molecule has 1 aliphatic rings. The van der Waals surface area contributed by atoms with Crippen LogP contribution >= 0.6 is 15.9 Å². The lowest BCUT2D eigenvalue weighted by molar-refractivity contribution is 0.136. The molecule has 0 spiro atoms. The van der Waals surface area contributed by atoms with Crippen molar-refractivity contribution in [1.29, 1.82) is 5.41 Å². The third-order valence-corrected chi connectivity index (χ3v) is 4.37. The van der Waals surface area contributed by atoms with Crippen molar-refractivity contribution in [2.24, 2.45) is 11.7 Å². The number of nitrogens with one attached hydrogen (secondary N) is 1. The third-order valence-electron chi connectivity index (χ3n) is 3.60. The summed E-state index contributed by atoms with van der Waals surface area (Å²) in [5, 5.41) is 17.0. The van der Waals surface area contributed by atoms with E-state index in [9.17, 15) is 9.50 Å². The van der Waals surface area contributed by atoms with Gasteiger partial charge in [-0.05, 0) is 41.4 Å². The summed E-state index contributed by atoms with van der Waals surface area (Å²) in [6, 6.07) is 3.28. The molecule has 6 heteroatoms. The van der Waals surface area contributed by atoms with Crippen LogP contribution in [0.2, 0.25) is 0 Å². The van der Waals surface area contributed by atoms with Gasteiger partial charge in [0.05, 0.1) is 16.3 Å². The molecule has 2 unspecified atom stereocenters. The minimum atomic E-state index is -0.404. The van der Waals surface area contributed by atoms with E-state index in [4.69, 9.17) is 11.1 Å². The van der Waals surface area contributed by atoms with Crippen LogP contribution in [0.5, 0.6) is 0 Å². The summed E-state index contributed by atoms with van der Waals surface area (Å²) in [7, 11) is 0. The Morgan fingerprint density at radius 1 is 1.63 bits per heavy atom. The molecule has 0 bridgehead atoms. The van der Waals surface area contributed by atoms with Gasteiger partial charge in [0, 0.05) is 24.6 Å². The van der Waals surface area contributed by atoms with Crippen LogP contribution < -0.4 is 10.6 Å². The van der Waals surface area contributed by atoms with E-state index in [1.54, 1.807) is 19.1 Å². The Balaban J connectivity index is 2.28. The minimum absolute atomic E-state index is 0.166. The predicted molar refractivity (Wildman–Crippen MR) is 77.1 cm³/mol. The van der Waals surface area contributed by atoms with Gasteiger partial charge in [-0.25, -0.2) is 4.39 Å². The number of benzene rings is 1. The highest BCUT2D eigenvalue weighted by atomic mass is 79.9. The van der Waals surface area contributed by atoms with Crippen molar-refractivity contribution in [3.05, 3.63) is 28.0 Å². The van der Waals surface area contributed by atoms with Gasteiger partial charge in [-0.2, -0.15) is 0 Å². The lowest BCUT2D eigenvalue weighted by atomic mass is 10.0. The number of nitrogen functional groups attached to an aromatic ring is 1. The van der Waals surface area contributed by atoms with E-state index in [1.807, 2.05) is 4.90 Å². The number of aliphatic hydroxyl groups is 1. The number of nitrogens with two attached hydrogens (primary N) is 1. The quantitative estimate of drug-likeness (QED) is 0.587. The molecular formula is C13H17BrFN3O. The standard InChI is InChI=1S/C13H17BrFN3O/c1-7(19)8-4-5-18(6-8)10-3-2-9(13(16)17)11(14)12(10)15/h2-3,7-8,19H,4-6H2,1H3,(H3,16,17). The lowest BCUT2D eigenvalue weighted by Crippen LogP contribution is -2.25. The molecule has 1 aromatic carbocycles. The average molecular weight is 330 g/mol. The summed E-state index contributed by atoms with van der Waals surface area (Å²) in [4.78, 5) is 1.92. The van der Waals surface area contributed by atoms with Crippen molar-refractivity contribution in [1.82, 2.24) is 0 Å². The van der Waals surface area contributed by atoms with Crippen molar-refractivity contribution < 1.29 is 9.50 Å². The van der Waals surface area contributed by atoms with Gasteiger partial charge in [-0.15, -0.1) is 0 Å². The molecule has 0 radical (unpaired) electrons. The number of hydrogen-bond acceptors (Lipinski definition) is 3. The van der Waals surface area contributed by atoms with Crippen molar-refractivity contribution in [2.75, 3.05) is 18.0 Å². The van der Waals surface area contributed by atoms with Gasteiger partial charge >= 0.3 is 0 Å². The van der Waals surface area contributed by atoms with Crippen LogP contribution in [-0.2, 0) is 0 Å². The molecular weight excluding hydrogens is 313 g/mol. The van der Waals surface area contributed by atoms with Crippen LogP contribution in [0.15, 0.2) is 16.6 Å². The van der Waals surface area contributed by atoms with Gasteiger partial charge in [0.1, 0.15) is 5.84 Å². The Labute approximate surface area is 120 Å². The molecule has 0 aliphatic carbocycles. The van der Waals surface area contributed by atoms with Crippen molar-refractivity contribution in [2.45, 2.75) is 19.4 Å². The number of halogens is 2. The molecule has 1 fully saturated rings. The summed E-state index contributed by atoms with van der Waals surface area (Å²) in [6.07, 6.45) is 0.469. The van der Waals surface area contributed by atoms with E-state index in [0.29, 0.717) is 17.8 Å². The van der Waals surface area contributed by atoms with E-state index in [2.05, 4.69) is 15.9 Å². The van der Waals surface area contributed by atoms with E-state index >= 15 is 0 Å². The van der Waals surface area contributed by atoms with E-state index in [-0.39, 0.29) is 22.3 Å². The smallest absolute Gasteiger partial charge is 0.161 e. The maximum atomic E-state index is 14.3. The molecule has 2 atom stereocenters. The van der Waals surface area contributed by atoms with Gasteiger partial charge in [-0.1, -0.05) is 0 Å². The predicted octanol–water partition coefficient (Wildman–Crippen LogP) is 2.08. The summed E-state index contributed by atoms with van der Waals surface area (Å²) in [5.41, 5.74) is 6.23. The summed E-state index contributed by atoms with van der Waals surface area (Å²) in [5.74, 6) is -0.398. The Morgan fingerprint density at radius 3 is 2.84 bits per heavy atom. The first-order chi connectivity index (χ1) is 8.91. The van der Waals surface area contributed by atoms with Crippen LogP contribution in [0.4, 0.5) is 10.1 Å². The molecule has 0 amide bonds. The molecule has 2 rings (SSSR count). The maximum absolute atomic E-state index is 14.3. The van der Waals surface area contributed by atoms with Crippen LogP contribution in [0.25, 0.3) is 0 Å². The molecule has 0 saturated carbocycles. The monoisotopic (exact) mass is 329 g/mol. The van der Waals surface area contributed by atoms with Crippen LogP contribution in [0.3, 0.4) is 0 Å². The fourth-order valence-corrected chi connectivity index (χ4v) is 2.94. The normalized spacial score (nSPS) is 20.6. The van der Waals surface area contributed by atoms with Crippen LogP contribution in [0, 0.1) is 17.1 Å². The molecule has 19 heavy (non-hydrogen) atoms. The SMILES string of the molecule is CC(O)C1CCN(c2ccc(C(=N)N)c(Br)c2F)C1. The lowest BCUT2D eigenvalue weighted by Gasteiger charge is -2.21. The third kappa shape index (κ3) is 2.74.